The Morgan fingerprint density at radius 1 is 1.36 bits per heavy atom. The van der Waals surface area contributed by atoms with Gasteiger partial charge in [0.1, 0.15) is 0 Å². The third kappa shape index (κ3) is 6.53. The first kappa shape index (κ1) is 11.1. The summed E-state index contributed by atoms with van der Waals surface area (Å²) < 4.78 is 0. The van der Waals surface area contributed by atoms with Gasteiger partial charge in [0.15, 0.2) is 0 Å². The SMILES string of the molecule is CCCCCCC(N)[Si](C)O. The Hall–Kier alpha value is 0.137. The number of rotatable bonds is 6. The molecule has 1 radical (unpaired) electrons. The van der Waals surface area contributed by atoms with E-state index in [0.717, 1.165) is 6.42 Å². The monoisotopic (exact) mass is 174 g/mol. The summed E-state index contributed by atoms with van der Waals surface area (Å²) in [5.74, 6) is 0. The van der Waals surface area contributed by atoms with Crippen LogP contribution in [0.4, 0.5) is 0 Å². The summed E-state index contributed by atoms with van der Waals surface area (Å²) in [5.41, 5.74) is 5.77. The minimum absolute atomic E-state index is 0.0804. The van der Waals surface area contributed by atoms with E-state index in [1.165, 1.54) is 25.7 Å². The van der Waals surface area contributed by atoms with Crippen LogP contribution >= 0.6 is 0 Å². The second kappa shape index (κ2) is 6.82. The van der Waals surface area contributed by atoms with Crippen molar-refractivity contribution in [2.24, 2.45) is 5.73 Å². The topological polar surface area (TPSA) is 46.2 Å². The Morgan fingerprint density at radius 3 is 2.45 bits per heavy atom. The van der Waals surface area contributed by atoms with Crippen molar-refractivity contribution in [3.63, 3.8) is 0 Å². The Morgan fingerprint density at radius 2 is 2.00 bits per heavy atom. The molecule has 0 rings (SSSR count). The highest BCUT2D eigenvalue weighted by molar-refractivity contribution is 6.50. The van der Waals surface area contributed by atoms with Gasteiger partial charge in [0.25, 0.3) is 0 Å². The van der Waals surface area contributed by atoms with Crippen molar-refractivity contribution in [2.45, 2.75) is 51.2 Å². The van der Waals surface area contributed by atoms with E-state index in [9.17, 15) is 0 Å². The van der Waals surface area contributed by atoms with Gasteiger partial charge in [-0.3, -0.25) is 0 Å². The van der Waals surface area contributed by atoms with Gasteiger partial charge in [0.05, 0.1) is 0 Å². The molecule has 0 aromatic rings. The van der Waals surface area contributed by atoms with Crippen LogP contribution in [0.3, 0.4) is 0 Å². The number of unbranched alkanes of at least 4 members (excludes halogenated alkanes) is 3. The van der Waals surface area contributed by atoms with Gasteiger partial charge < -0.3 is 10.5 Å². The van der Waals surface area contributed by atoms with E-state index < -0.39 is 9.04 Å². The van der Waals surface area contributed by atoms with Gasteiger partial charge in [-0.1, -0.05) is 32.6 Å². The second-order valence-electron chi connectivity index (χ2n) is 3.10. The fourth-order valence-corrected chi connectivity index (χ4v) is 1.62. The van der Waals surface area contributed by atoms with Crippen LogP contribution in [-0.2, 0) is 0 Å². The number of hydrogen-bond acceptors (Lipinski definition) is 2. The van der Waals surface area contributed by atoms with Crippen LogP contribution in [0.1, 0.15) is 39.0 Å². The molecule has 0 aliphatic rings. The quantitative estimate of drug-likeness (QED) is 0.473. The van der Waals surface area contributed by atoms with Gasteiger partial charge in [-0.25, -0.2) is 0 Å². The van der Waals surface area contributed by atoms with Crippen molar-refractivity contribution in [2.75, 3.05) is 0 Å². The molecule has 0 saturated heterocycles. The minimum Gasteiger partial charge on any atom is -0.430 e. The van der Waals surface area contributed by atoms with Gasteiger partial charge in [-0.15, -0.1) is 0 Å². The van der Waals surface area contributed by atoms with Crippen molar-refractivity contribution >= 4 is 9.04 Å². The van der Waals surface area contributed by atoms with Crippen LogP contribution in [-0.4, -0.2) is 19.5 Å². The zero-order valence-corrected chi connectivity index (χ0v) is 8.64. The zero-order valence-electron chi connectivity index (χ0n) is 7.64. The Labute approximate surface area is 71.5 Å². The van der Waals surface area contributed by atoms with Gasteiger partial charge >= 0.3 is 0 Å². The zero-order chi connectivity index (χ0) is 8.69. The minimum atomic E-state index is -1.22. The maximum absolute atomic E-state index is 9.15. The summed E-state index contributed by atoms with van der Waals surface area (Å²) in [6.45, 7) is 4.05. The van der Waals surface area contributed by atoms with Crippen LogP contribution in [0.25, 0.3) is 0 Å². The van der Waals surface area contributed by atoms with Crippen LogP contribution in [0.15, 0.2) is 0 Å². The predicted octanol–water partition coefficient (Wildman–Crippen LogP) is 1.44. The van der Waals surface area contributed by atoms with Crippen LogP contribution < -0.4 is 5.73 Å². The summed E-state index contributed by atoms with van der Waals surface area (Å²) in [7, 11) is -1.22. The molecule has 2 nitrogen and oxygen atoms in total. The maximum atomic E-state index is 9.15. The first-order valence-corrected chi connectivity index (χ1v) is 6.49. The molecule has 0 aliphatic carbocycles. The average Bonchev–Trinajstić information content (AvgIpc) is 1.97. The normalized spacial score (nSPS) is 13.9. The summed E-state index contributed by atoms with van der Waals surface area (Å²) in [6.07, 6.45) is 6.00. The van der Waals surface area contributed by atoms with Crippen LogP contribution in [0, 0.1) is 0 Å². The van der Waals surface area contributed by atoms with Crippen molar-refractivity contribution in [3.8, 4) is 0 Å². The maximum Gasteiger partial charge on any atom is 0.221 e. The molecule has 0 aromatic carbocycles. The molecule has 0 spiro atoms. The van der Waals surface area contributed by atoms with Gasteiger partial charge in [0.2, 0.25) is 9.04 Å². The smallest absolute Gasteiger partial charge is 0.221 e. The van der Waals surface area contributed by atoms with E-state index in [2.05, 4.69) is 6.92 Å². The Bertz CT molecular complexity index is 88.2. The number of nitrogens with two attached hydrogens (primary N) is 1. The van der Waals surface area contributed by atoms with E-state index in [1.54, 1.807) is 0 Å². The predicted molar refractivity (Wildman–Crippen MR) is 50.6 cm³/mol. The second-order valence-corrected chi connectivity index (χ2v) is 5.12. The Kier molecular flexibility index (Phi) is 6.91. The van der Waals surface area contributed by atoms with Gasteiger partial charge in [-0.05, 0) is 13.0 Å². The highest BCUT2D eigenvalue weighted by Crippen LogP contribution is 2.04. The lowest BCUT2D eigenvalue weighted by atomic mass is 10.1. The Balaban J connectivity index is 3.10. The molecule has 0 aliphatic heterocycles. The third-order valence-electron chi connectivity index (χ3n) is 1.91. The molecule has 1 unspecified atom stereocenters. The molecule has 0 bridgehead atoms. The molecule has 1 atom stereocenters. The molecule has 0 aromatic heterocycles. The van der Waals surface area contributed by atoms with Crippen LogP contribution in [0.5, 0.6) is 0 Å². The average molecular weight is 174 g/mol. The molecular weight excluding hydrogens is 154 g/mol. The standard InChI is InChI=1S/C8H20NOSi/c1-3-4-5-6-7-8(9)11(2)10/h8,10H,3-7,9H2,1-2H3. The van der Waals surface area contributed by atoms with Crippen molar-refractivity contribution < 1.29 is 4.80 Å². The summed E-state index contributed by atoms with van der Waals surface area (Å²) >= 11 is 0. The fourth-order valence-electron chi connectivity index (χ4n) is 1.000. The van der Waals surface area contributed by atoms with Crippen molar-refractivity contribution in [1.29, 1.82) is 0 Å². The molecule has 3 heteroatoms. The molecule has 67 valence electrons. The summed E-state index contributed by atoms with van der Waals surface area (Å²) in [4.78, 5) is 9.15. The summed E-state index contributed by atoms with van der Waals surface area (Å²) in [6, 6.07) is 0. The fraction of sp³-hybridized carbons (Fsp3) is 1.00. The molecule has 11 heavy (non-hydrogen) atoms. The first-order chi connectivity index (χ1) is 5.18. The lowest BCUT2D eigenvalue weighted by Gasteiger charge is -2.11. The lowest BCUT2D eigenvalue weighted by molar-refractivity contribution is 0.528. The summed E-state index contributed by atoms with van der Waals surface area (Å²) in [5, 5.41) is 0. The largest absolute Gasteiger partial charge is 0.430 e. The van der Waals surface area contributed by atoms with Gasteiger partial charge in [-0.2, -0.15) is 0 Å². The van der Waals surface area contributed by atoms with Crippen LogP contribution in [0.2, 0.25) is 6.55 Å². The number of hydrogen-bond donors (Lipinski definition) is 2. The molecule has 0 saturated carbocycles. The highest BCUT2D eigenvalue weighted by atomic mass is 28.3. The van der Waals surface area contributed by atoms with E-state index in [1.807, 2.05) is 6.55 Å². The highest BCUT2D eigenvalue weighted by Gasteiger charge is 2.10. The molecule has 0 heterocycles. The van der Waals surface area contributed by atoms with Gasteiger partial charge in [0, 0.05) is 5.67 Å². The lowest BCUT2D eigenvalue weighted by Crippen LogP contribution is -2.36. The first-order valence-electron chi connectivity index (χ1n) is 4.46. The van der Waals surface area contributed by atoms with E-state index >= 15 is 0 Å². The van der Waals surface area contributed by atoms with E-state index in [0.29, 0.717) is 0 Å². The van der Waals surface area contributed by atoms with E-state index in [-0.39, 0.29) is 5.67 Å². The van der Waals surface area contributed by atoms with E-state index in [4.69, 9.17) is 10.5 Å². The molecule has 0 fully saturated rings. The van der Waals surface area contributed by atoms with Crippen molar-refractivity contribution in [1.82, 2.24) is 0 Å². The molecular formula is C8H20NOSi. The molecule has 0 amide bonds. The molecule has 3 N–H and O–H groups in total. The third-order valence-corrected chi connectivity index (χ3v) is 3.27. The van der Waals surface area contributed by atoms with Crippen molar-refractivity contribution in [3.05, 3.63) is 0 Å².